The van der Waals surface area contributed by atoms with Gasteiger partial charge in [0, 0.05) is 22.7 Å². The number of benzene rings is 2. The molecule has 1 unspecified atom stereocenters. The summed E-state index contributed by atoms with van der Waals surface area (Å²) in [4.78, 5) is 12.5. The fourth-order valence-corrected chi connectivity index (χ4v) is 4.17. The largest absolute Gasteiger partial charge is 0.494 e. The van der Waals surface area contributed by atoms with E-state index in [2.05, 4.69) is 0 Å². The van der Waals surface area contributed by atoms with Gasteiger partial charge in [-0.3, -0.25) is 4.79 Å². The number of hydrogen-bond acceptors (Lipinski definition) is 3. The summed E-state index contributed by atoms with van der Waals surface area (Å²) in [6, 6.07) is 10.7. The summed E-state index contributed by atoms with van der Waals surface area (Å²) in [5.74, 6) is -2.05. The third-order valence-electron chi connectivity index (χ3n) is 5.25. The first kappa shape index (κ1) is 21.0. The zero-order valence-electron chi connectivity index (χ0n) is 17.0. The highest BCUT2D eigenvalue weighted by molar-refractivity contribution is 7.80. The van der Waals surface area contributed by atoms with E-state index < -0.39 is 17.7 Å². The second-order valence-corrected chi connectivity index (χ2v) is 7.58. The molecule has 0 saturated carbocycles. The van der Waals surface area contributed by atoms with E-state index in [1.54, 1.807) is 10.6 Å². The highest BCUT2D eigenvalue weighted by atomic mass is 32.1. The molecule has 4 nitrogen and oxygen atoms in total. The zero-order valence-corrected chi connectivity index (χ0v) is 17.8. The molecule has 0 bridgehead atoms. The molecule has 29 heavy (non-hydrogen) atoms. The average Bonchev–Trinajstić information content (AvgIpc) is 2.95. The fourth-order valence-electron chi connectivity index (χ4n) is 3.80. The number of aryl methyl sites for hydroxylation is 1. The van der Waals surface area contributed by atoms with Crippen molar-refractivity contribution in [1.82, 2.24) is 4.57 Å². The number of carboxylic acids is 1. The van der Waals surface area contributed by atoms with Crippen molar-refractivity contribution in [3.05, 3.63) is 64.6 Å². The Bertz CT molecular complexity index is 1090. The quantitative estimate of drug-likeness (QED) is 0.535. The van der Waals surface area contributed by atoms with Crippen LogP contribution >= 0.6 is 12.2 Å². The smallest absolute Gasteiger partial charge is 0.311 e. The minimum absolute atomic E-state index is 0.0813. The van der Waals surface area contributed by atoms with E-state index in [1.165, 1.54) is 13.2 Å². The van der Waals surface area contributed by atoms with Crippen LogP contribution in [-0.4, -0.2) is 27.7 Å². The maximum absolute atomic E-state index is 14.6. The van der Waals surface area contributed by atoms with Crippen molar-refractivity contribution < 1.29 is 19.0 Å². The van der Waals surface area contributed by atoms with Crippen molar-refractivity contribution in [2.75, 3.05) is 7.11 Å². The fraction of sp³-hybridized carbons (Fsp3) is 0.304. The first-order chi connectivity index (χ1) is 13.8. The van der Waals surface area contributed by atoms with Crippen LogP contribution in [0.2, 0.25) is 0 Å². The number of nitrogens with zero attached hydrogens (tertiary/aromatic N) is 1. The second-order valence-electron chi connectivity index (χ2n) is 7.19. The van der Waals surface area contributed by atoms with Crippen LogP contribution in [0.4, 0.5) is 4.39 Å². The molecule has 1 atom stereocenters. The van der Waals surface area contributed by atoms with Crippen molar-refractivity contribution in [3.63, 3.8) is 0 Å². The van der Waals surface area contributed by atoms with Crippen LogP contribution in [0.25, 0.3) is 10.9 Å². The first-order valence-electron chi connectivity index (χ1n) is 9.52. The number of ether oxygens (including phenoxy) is 1. The van der Waals surface area contributed by atoms with Crippen LogP contribution in [0.15, 0.2) is 36.4 Å². The van der Waals surface area contributed by atoms with Crippen molar-refractivity contribution in [3.8, 4) is 5.75 Å². The summed E-state index contributed by atoms with van der Waals surface area (Å²) in [5.41, 5.74) is 3.83. The summed E-state index contributed by atoms with van der Waals surface area (Å²) >= 11 is 5.74. The Morgan fingerprint density at radius 3 is 2.45 bits per heavy atom. The monoisotopic (exact) mass is 413 g/mol. The van der Waals surface area contributed by atoms with Gasteiger partial charge in [0.25, 0.3) is 0 Å². The van der Waals surface area contributed by atoms with Gasteiger partial charge in [-0.2, -0.15) is 0 Å². The van der Waals surface area contributed by atoms with Gasteiger partial charge >= 0.3 is 5.97 Å². The molecule has 152 valence electrons. The van der Waals surface area contributed by atoms with Gasteiger partial charge in [-0.25, -0.2) is 4.39 Å². The highest BCUT2D eigenvalue weighted by Crippen LogP contribution is 2.38. The number of fused-ring (bicyclic) bond motifs is 1. The number of aliphatic carboxylic acids is 1. The first-order valence-corrected chi connectivity index (χ1v) is 9.93. The van der Waals surface area contributed by atoms with Crippen LogP contribution in [0, 0.1) is 19.7 Å². The Hall–Kier alpha value is -2.73. The lowest BCUT2D eigenvalue weighted by Gasteiger charge is -2.14. The van der Waals surface area contributed by atoms with Gasteiger partial charge in [0.05, 0.1) is 18.5 Å². The average molecular weight is 414 g/mol. The van der Waals surface area contributed by atoms with Crippen LogP contribution in [0.5, 0.6) is 5.75 Å². The summed E-state index contributed by atoms with van der Waals surface area (Å²) < 4.78 is 21.5. The molecule has 0 fully saturated rings. The van der Waals surface area contributed by atoms with E-state index in [9.17, 15) is 14.3 Å². The number of rotatable bonds is 6. The van der Waals surface area contributed by atoms with Crippen LogP contribution in [-0.2, 0) is 4.79 Å². The molecule has 0 saturated heterocycles. The molecule has 1 heterocycles. The lowest BCUT2D eigenvalue weighted by Crippen LogP contribution is -2.15. The van der Waals surface area contributed by atoms with Gasteiger partial charge in [0.2, 0.25) is 0 Å². The van der Waals surface area contributed by atoms with E-state index >= 15 is 0 Å². The van der Waals surface area contributed by atoms with E-state index in [0.717, 1.165) is 11.1 Å². The maximum atomic E-state index is 14.6. The second kappa shape index (κ2) is 8.33. The van der Waals surface area contributed by atoms with Gasteiger partial charge in [0.1, 0.15) is 4.99 Å². The van der Waals surface area contributed by atoms with Crippen molar-refractivity contribution in [2.45, 2.75) is 39.5 Å². The van der Waals surface area contributed by atoms with Crippen LogP contribution in [0.3, 0.4) is 0 Å². The minimum atomic E-state index is -0.904. The number of hydrogen-bond donors (Lipinski definition) is 1. The van der Waals surface area contributed by atoms with Crippen molar-refractivity contribution in [1.29, 1.82) is 0 Å². The van der Waals surface area contributed by atoms with Gasteiger partial charge < -0.3 is 14.4 Å². The van der Waals surface area contributed by atoms with Crippen molar-refractivity contribution in [2.24, 2.45) is 0 Å². The number of thiocarbonyl (C=S) groups is 1. The Morgan fingerprint density at radius 2 is 1.90 bits per heavy atom. The summed E-state index contributed by atoms with van der Waals surface area (Å²) in [6.45, 7) is 5.78. The standard InChI is InChI=1S/C23H24FNO3S/c1-5-6-16(23(26)27)21-14(3)25(22(29)15-9-7-13(2)8-10-15)19-12-18(24)20(28-4)11-17(19)21/h7-12,16H,5-6H2,1-4H3,(H,26,27). The molecule has 0 aliphatic rings. The molecule has 2 aromatic carbocycles. The van der Waals surface area contributed by atoms with Gasteiger partial charge in [-0.15, -0.1) is 0 Å². The van der Waals surface area contributed by atoms with Crippen LogP contribution in [0.1, 0.15) is 48.1 Å². The molecule has 0 spiro atoms. The lowest BCUT2D eigenvalue weighted by molar-refractivity contribution is -0.139. The van der Waals surface area contributed by atoms with Gasteiger partial charge in [-0.05, 0) is 31.9 Å². The molecular weight excluding hydrogens is 389 g/mol. The van der Waals surface area contributed by atoms with E-state index in [4.69, 9.17) is 17.0 Å². The third kappa shape index (κ3) is 3.77. The summed E-state index contributed by atoms with van der Waals surface area (Å²) in [7, 11) is 1.39. The molecule has 0 aliphatic carbocycles. The topological polar surface area (TPSA) is 51.5 Å². The minimum Gasteiger partial charge on any atom is -0.494 e. The molecule has 0 amide bonds. The molecule has 0 radical (unpaired) electrons. The SMILES string of the molecule is CCCC(C(=O)O)c1c(C)n(C(=S)c2ccc(C)cc2)c2cc(F)c(OC)cc12. The number of aromatic nitrogens is 1. The normalized spacial score (nSPS) is 12.2. The van der Waals surface area contributed by atoms with Gasteiger partial charge in [0.15, 0.2) is 11.6 Å². The third-order valence-corrected chi connectivity index (χ3v) is 5.67. The number of carbonyl (C=O) groups is 1. The molecule has 3 rings (SSSR count). The Morgan fingerprint density at radius 1 is 1.24 bits per heavy atom. The van der Waals surface area contributed by atoms with Crippen molar-refractivity contribution >= 4 is 34.1 Å². The Kier molecular flexibility index (Phi) is 6.03. The Balaban J connectivity index is 2.33. The maximum Gasteiger partial charge on any atom is 0.311 e. The highest BCUT2D eigenvalue weighted by Gasteiger charge is 2.29. The molecular formula is C23H24FNO3S. The van der Waals surface area contributed by atoms with E-state index in [1.807, 2.05) is 45.0 Å². The van der Waals surface area contributed by atoms with Crippen LogP contribution < -0.4 is 4.74 Å². The molecule has 3 aromatic rings. The molecule has 0 aliphatic heterocycles. The molecule has 1 N–H and O–H groups in total. The van der Waals surface area contributed by atoms with Gasteiger partial charge in [-0.1, -0.05) is 55.4 Å². The number of carboxylic acid groups (broad SMARTS) is 1. The van der Waals surface area contributed by atoms with E-state index in [-0.39, 0.29) is 5.75 Å². The van der Waals surface area contributed by atoms with E-state index in [0.29, 0.717) is 40.0 Å². The molecule has 6 heteroatoms. The predicted octanol–water partition coefficient (Wildman–Crippen LogP) is 5.60. The number of halogens is 1. The lowest BCUT2D eigenvalue weighted by atomic mass is 9.92. The summed E-state index contributed by atoms with van der Waals surface area (Å²) in [5, 5.41) is 10.5. The number of methoxy groups -OCH3 is 1. The zero-order chi connectivity index (χ0) is 21.3. The summed E-state index contributed by atoms with van der Waals surface area (Å²) in [6.07, 6.45) is 1.19. The molecule has 1 aromatic heterocycles. The predicted molar refractivity (Wildman–Crippen MR) is 117 cm³/mol. The Labute approximate surface area is 174 Å².